The molecule has 0 saturated carbocycles. The van der Waals surface area contributed by atoms with Crippen molar-refractivity contribution in [1.82, 2.24) is 0 Å². The molecule has 6 nitrogen and oxygen atoms in total. The molecule has 1 amide bonds. The van der Waals surface area contributed by atoms with Gasteiger partial charge in [-0.3, -0.25) is 14.9 Å². The Morgan fingerprint density at radius 1 is 1.39 bits per heavy atom. The average molecular weight is 251 g/mol. The van der Waals surface area contributed by atoms with Gasteiger partial charge in [-0.1, -0.05) is 0 Å². The summed E-state index contributed by atoms with van der Waals surface area (Å²) < 4.78 is 0. The molecule has 98 valence electrons. The molecular weight excluding hydrogens is 234 g/mol. The average Bonchev–Trinajstić information content (AvgIpc) is 2.26. The molecule has 0 saturated heterocycles. The van der Waals surface area contributed by atoms with E-state index in [0.29, 0.717) is 5.69 Å². The van der Waals surface area contributed by atoms with E-state index < -0.39 is 10.5 Å². The normalized spacial score (nSPS) is 11.1. The lowest BCUT2D eigenvalue weighted by atomic mass is 10.0. The second-order valence-electron chi connectivity index (χ2n) is 4.89. The van der Waals surface area contributed by atoms with Crippen LogP contribution in [0.4, 0.5) is 11.4 Å². The fourth-order valence-corrected chi connectivity index (χ4v) is 1.45. The number of amides is 1. The molecule has 0 radical (unpaired) electrons. The van der Waals surface area contributed by atoms with Gasteiger partial charge in [-0.25, -0.2) is 0 Å². The molecule has 6 heteroatoms. The van der Waals surface area contributed by atoms with E-state index in [9.17, 15) is 14.9 Å². The van der Waals surface area contributed by atoms with Gasteiger partial charge in [0.05, 0.1) is 4.92 Å². The van der Waals surface area contributed by atoms with Crippen molar-refractivity contribution in [2.75, 3.05) is 11.9 Å². The van der Waals surface area contributed by atoms with Crippen molar-refractivity contribution in [3.63, 3.8) is 0 Å². The van der Waals surface area contributed by atoms with Crippen LogP contribution in [-0.2, 0) is 4.79 Å². The lowest BCUT2D eigenvalue weighted by Gasteiger charge is -2.23. The molecule has 0 unspecified atom stereocenters. The minimum Gasteiger partial charge on any atom is -0.325 e. The summed E-state index contributed by atoms with van der Waals surface area (Å²) in [7, 11) is 1.62. The Hall–Kier alpha value is -1.95. The number of carbonyl (C=O) groups is 1. The van der Waals surface area contributed by atoms with Crippen LogP contribution in [-0.4, -0.2) is 23.4 Å². The first kappa shape index (κ1) is 14.1. The van der Waals surface area contributed by atoms with E-state index in [1.54, 1.807) is 33.0 Å². The smallest absolute Gasteiger partial charge is 0.269 e. The molecule has 0 aliphatic heterocycles. The van der Waals surface area contributed by atoms with Gasteiger partial charge in [-0.2, -0.15) is 0 Å². The van der Waals surface area contributed by atoms with Gasteiger partial charge in [0.15, 0.2) is 0 Å². The van der Waals surface area contributed by atoms with Gasteiger partial charge >= 0.3 is 0 Å². The first-order valence-corrected chi connectivity index (χ1v) is 5.50. The molecule has 0 bridgehead atoms. The van der Waals surface area contributed by atoms with Crippen LogP contribution in [0.15, 0.2) is 24.3 Å². The molecule has 1 aromatic rings. The Labute approximate surface area is 106 Å². The van der Waals surface area contributed by atoms with Crippen molar-refractivity contribution in [3.05, 3.63) is 34.4 Å². The third-order valence-electron chi connectivity index (χ3n) is 2.43. The van der Waals surface area contributed by atoms with Crippen molar-refractivity contribution in [2.24, 2.45) is 5.73 Å². The van der Waals surface area contributed by atoms with E-state index in [-0.39, 0.29) is 18.0 Å². The number of nitrogens with two attached hydrogens (primary N) is 1. The zero-order chi connectivity index (χ0) is 13.9. The molecule has 0 atom stereocenters. The number of benzene rings is 1. The fraction of sp³-hybridized carbons (Fsp3) is 0.417. The first-order chi connectivity index (χ1) is 8.20. The molecule has 2 N–H and O–H groups in total. The number of non-ortho nitro benzene ring substituents is 1. The van der Waals surface area contributed by atoms with Gasteiger partial charge in [-0.05, 0) is 26.0 Å². The summed E-state index contributed by atoms with van der Waals surface area (Å²) >= 11 is 0. The number of nitro benzene ring substituents is 1. The molecule has 0 aliphatic carbocycles. The maximum Gasteiger partial charge on any atom is 0.269 e. The second kappa shape index (κ2) is 5.14. The van der Waals surface area contributed by atoms with Crippen LogP contribution >= 0.6 is 0 Å². The van der Waals surface area contributed by atoms with Gasteiger partial charge in [0.25, 0.3) is 5.69 Å². The third kappa shape index (κ3) is 3.81. The Kier molecular flexibility index (Phi) is 4.03. The fourth-order valence-electron chi connectivity index (χ4n) is 1.45. The molecule has 18 heavy (non-hydrogen) atoms. The minimum absolute atomic E-state index is 0.00115. The van der Waals surface area contributed by atoms with Crippen molar-refractivity contribution in [1.29, 1.82) is 0 Å². The van der Waals surface area contributed by atoms with E-state index in [0.717, 1.165) is 0 Å². The first-order valence-electron chi connectivity index (χ1n) is 5.50. The highest BCUT2D eigenvalue weighted by molar-refractivity contribution is 5.93. The maximum atomic E-state index is 11.9. The van der Waals surface area contributed by atoms with E-state index in [1.165, 1.54) is 17.0 Å². The molecule has 0 heterocycles. The topological polar surface area (TPSA) is 89.5 Å². The van der Waals surface area contributed by atoms with Crippen LogP contribution in [0.25, 0.3) is 0 Å². The monoisotopic (exact) mass is 251 g/mol. The number of nitrogens with zero attached hydrogens (tertiary/aromatic N) is 2. The number of nitro groups is 1. The van der Waals surface area contributed by atoms with Crippen molar-refractivity contribution in [3.8, 4) is 0 Å². The van der Waals surface area contributed by atoms with Crippen LogP contribution in [0.1, 0.15) is 20.3 Å². The predicted molar refractivity (Wildman–Crippen MR) is 69.4 cm³/mol. The van der Waals surface area contributed by atoms with Crippen LogP contribution < -0.4 is 10.6 Å². The number of carbonyl (C=O) groups excluding carboxylic acids is 1. The lowest BCUT2D eigenvalue weighted by molar-refractivity contribution is -0.384. The van der Waals surface area contributed by atoms with Crippen molar-refractivity contribution < 1.29 is 9.72 Å². The third-order valence-corrected chi connectivity index (χ3v) is 2.43. The van der Waals surface area contributed by atoms with Crippen LogP contribution in [0, 0.1) is 10.1 Å². The summed E-state index contributed by atoms with van der Waals surface area (Å²) in [6.07, 6.45) is 0.209. The van der Waals surface area contributed by atoms with Crippen LogP contribution in [0.2, 0.25) is 0 Å². The maximum absolute atomic E-state index is 11.9. The van der Waals surface area contributed by atoms with Gasteiger partial charge in [0.1, 0.15) is 0 Å². The Balaban J connectivity index is 2.81. The molecule has 0 aromatic heterocycles. The van der Waals surface area contributed by atoms with Gasteiger partial charge in [-0.15, -0.1) is 0 Å². The summed E-state index contributed by atoms with van der Waals surface area (Å²) in [5.41, 5.74) is 5.81. The molecule has 0 fully saturated rings. The molecule has 0 spiro atoms. The summed E-state index contributed by atoms with van der Waals surface area (Å²) in [5.74, 6) is -0.128. The summed E-state index contributed by atoms with van der Waals surface area (Å²) in [4.78, 5) is 23.4. The lowest BCUT2D eigenvalue weighted by Crippen LogP contribution is -2.39. The van der Waals surface area contributed by atoms with E-state index in [4.69, 9.17) is 5.73 Å². The number of rotatable bonds is 4. The van der Waals surface area contributed by atoms with E-state index in [2.05, 4.69) is 0 Å². The highest BCUT2D eigenvalue weighted by Gasteiger charge is 2.20. The predicted octanol–water partition coefficient (Wildman–Crippen LogP) is 1.68. The molecule has 1 rings (SSSR count). The highest BCUT2D eigenvalue weighted by atomic mass is 16.6. The van der Waals surface area contributed by atoms with E-state index >= 15 is 0 Å². The second-order valence-corrected chi connectivity index (χ2v) is 4.89. The van der Waals surface area contributed by atoms with Crippen LogP contribution in [0.3, 0.4) is 0 Å². The Morgan fingerprint density at radius 3 is 2.28 bits per heavy atom. The van der Waals surface area contributed by atoms with E-state index in [1.807, 2.05) is 0 Å². The number of anilines is 1. The van der Waals surface area contributed by atoms with Crippen molar-refractivity contribution in [2.45, 2.75) is 25.8 Å². The summed E-state index contributed by atoms with van der Waals surface area (Å²) in [6, 6.07) is 5.82. The highest BCUT2D eigenvalue weighted by Crippen LogP contribution is 2.19. The van der Waals surface area contributed by atoms with Gasteiger partial charge in [0.2, 0.25) is 5.91 Å². The van der Waals surface area contributed by atoms with Gasteiger partial charge < -0.3 is 10.6 Å². The molecule has 0 aliphatic rings. The zero-order valence-corrected chi connectivity index (χ0v) is 10.7. The Bertz CT molecular complexity index is 449. The largest absolute Gasteiger partial charge is 0.325 e. The molecule has 1 aromatic carbocycles. The standard InChI is InChI=1S/C12H17N3O3/c1-12(2,13)8-11(16)14(3)9-4-6-10(7-5-9)15(17)18/h4-7H,8,13H2,1-3H3. The molecular formula is C12H17N3O3. The SMILES string of the molecule is CN(C(=O)CC(C)(C)N)c1ccc([N+](=O)[O-])cc1. The quantitative estimate of drug-likeness (QED) is 0.651. The van der Waals surface area contributed by atoms with Crippen molar-refractivity contribution >= 4 is 17.3 Å². The number of hydrogen-bond donors (Lipinski definition) is 1. The van der Waals surface area contributed by atoms with Gasteiger partial charge in [0, 0.05) is 36.8 Å². The Morgan fingerprint density at radius 2 is 1.89 bits per heavy atom. The minimum atomic E-state index is -0.577. The summed E-state index contributed by atoms with van der Waals surface area (Å²) in [5, 5.41) is 10.5. The van der Waals surface area contributed by atoms with Crippen LogP contribution in [0.5, 0.6) is 0 Å². The summed E-state index contributed by atoms with van der Waals surface area (Å²) in [6.45, 7) is 3.54. The zero-order valence-electron chi connectivity index (χ0n) is 10.7. The number of hydrogen-bond acceptors (Lipinski definition) is 4.